The summed E-state index contributed by atoms with van der Waals surface area (Å²) in [5, 5.41) is 0. The highest BCUT2D eigenvalue weighted by atomic mass is 16.6. The molecule has 1 saturated heterocycles. The van der Waals surface area contributed by atoms with Crippen molar-refractivity contribution in [2.24, 2.45) is 41.4 Å². The minimum atomic E-state index is -0.383. The molecule has 5 aliphatic rings. The van der Waals surface area contributed by atoms with Gasteiger partial charge in [-0.05, 0) is 125 Å². The molecular weight excluding hydrogens is 665 g/mol. The van der Waals surface area contributed by atoms with Crippen molar-refractivity contribution in [2.45, 2.75) is 135 Å². The molecule has 8 nitrogen and oxygen atoms in total. The lowest BCUT2D eigenvalue weighted by atomic mass is 9.51. The smallest absolute Gasteiger partial charge is 0.309 e. The Hall–Kier alpha value is -3.16. The first-order chi connectivity index (χ1) is 26.0. The third-order valence-electron chi connectivity index (χ3n) is 12.4. The van der Waals surface area contributed by atoms with Gasteiger partial charge in [0.15, 0.2) is 0 Å². The van der Waals surface area contributed by atoms with Gasteiger partial charge in [0.2, 0.25) is 0 Å². The molecule has 0 N–H and O–H groups in total. The summed E-state index contributed by atoms with van der Waals surface area (Å²) in [5.74, 6) is 2.31. The van der Waals surface area contributed by atoms with Gasteiger partial charge in [-0.2, -0.15) is 0 Å². The highest BCUT2D eigenvalue weighted by molar-refractivity contribution is 5.73. The molecular formula is C45H68N2O6. The number of hydrogen-bond acceptors (Lipinski definition) is 8. The molecule has 1 unspecified atom stereocenters. The van der Waals surface area contributed by atoms with Crippen molar-refractivity contribution in [3.63, 3.8) is 0 Å². The van der Waals surface area contributed by atoms with E-state index < -0.39 is 0 Å². The summed E-state index contributed by atoms with van der Waals surface area (Å²) in [7, 11) is 0. The molecule has 0 spiro atoms. The highest BCUT2D eigenvalue weighted by Crippen LogP contribution is 2.57. The molecule has 8 heteroatoms. The van der Waals surface area contributed by atoms with E-state index in [-0.39, 0.29) is 49.6 Å². The van der Waals surface area contributed by atoms with Gasteiger partial charge in [-0.3, -0.25) is 19.4 Å². The lowest BCUT2D eigenvalue weighted by molar-refractivity contribution is -0.157. The minimum absolute atomic E-state index is 0.0751. The van der Waals surface area contributed by atoms with Crippen molar-refractivity contribution in [3.8, 4) is 0 Å². The lowest BCUT2D eigenvalue weighted by Crippen LogP contribution is -2.45. The Morgan fingerprint density at radius 3 is 1.98 bits per heavy atom. The number of allylic oxidation sites excluding steroid dienone is 4. The molecule has 53 heavy (non-hydrogen) atoms. The molecule has 5 fully saturated rings. The fourth-order valence-electron chi connectivity index (χ4n) is 9.59. The minimum Gasteiger partial charge on any atom is -0.465 e. The fraction of sp³-hybridized carbons (Fsp3) is 0.733. The molecule has 4 aliphatic carbocycles. The number of carbonyl (C=O) groups is 3. The predicted molar refractivity (Wildman–Crippen MR) is 210 cm³/mol. The van der Waals surface area contributed by atoms with E-state index in [4.69, 9.17) is 14.2 Å². The van der Waals surface area contributed by atoms with E-state index in [1.165, 1.54) is 64.2 Å². The summed E-state index contributed by atoms with van der Waals surface area (Å²) in [4.78, 5) is 45.3. The van der Waals surface area contributed by atoms with Crippen LogP contribution in [0.1, 0.15) is 135 Å². The maximum Gasteiger partial charge on any atom is 0.309 e. The van der Waals surface area contributed by atoms with Crippen molar-refractivity contribution in [1.29, 1.82) is 0 Å². The third-order valence-corrected chi connectivity index (χ3v) is 12.4. The van der Waals surface area contributed by atoms with Crippen molar-refractivity contribution < 1.29 is 28.6 Å². The van der Waals surface area contributed by atoms with Crippen LogP contribution in [-0.2, 0) is 28.6 Å². The molecule has 0 radical (unpaired) electrons. The van der Waals surface area contributed by atoms with Crippen LogP contribution in [0.5, 0.6) is 0 Å². The zero-order valence-electron chi connectivity index (χ0n) is 32.7. The maximum absolute atomic E-state index is 13.1. The van der Waals surface area contributed by atoms with Gasteiger partial charge in [-0.1, -0.05) is 63.3 Å². The van der Waals surface area contributed by atoms with Crippen LogP contribution in [-0.4, -0.2) is 55.8 Å². The average Bonchev–Trinajstić information content (AvgIpc) is 3.17. The van der Waals surface area contributed by atoms with Gasteiger partial charge in [0.1, 0.15) is 19.8 Å². The molecule has 294 valence electrons. The number of aromatic nitrogens is 1. The molecule has 1 aromatic heterocycles. The monoisotopic (exact) mass is 733 g/mol. The second-order valence-electron chi connectivity index (χ2n) is 16.6. The van der Waals surface area contributed by atoms with Crippen molar-refractivity contribution in [3.05, 3.63) is 48.8 Å². The van der Waals surface area contributed by atoms with E-state index in [0.29, 0.717) is 30.6 Å². The number of hydrogen-bond donors (Lipinski definition) is 0. The Morgan fingerprint density at radius 2 is 1.32 bits per heavy atom. The second kappa shape index (κ2) is 22.9. The van der Waals surface area contributed by atoms with E-state index in [9.17, 15) is 14.4 Å². The van der Waals surface area contributed by atoms with Crippen molar-refractivity contribution in [2.75, 3.05) is 37.8 Å². The highest BCUT2D eigenvalue weighted by Gasteiger charge is 2.48. The van der Waals surface area contributed by atoms with Gasteiger partial charge in [0.25, 0.3) is 0 Å². The normalized spacial score (nSPS) is 24.5. The number of unbranched alkanes of at least 4 members (excludes halogenated alkanes) is 8. The van der Waals surface area contributed by atoms with Crippen LogP contribution < -0.4 is 4.90 Å². The Labute approximate surface area is 319 Å². The summed E-state index contributed by atoms with van der Waals surface area (Å²) in [6.07, 6.45) is 33.9. The number of rotatable bonds is 24. The Balaban J connectivity index is 0.981. The van der Waals surface area contributed by atoms with Gasteiger partial charge < -0.3 is 19.1 Å². The Kier molecular flexibility index (Phi) is 17.7. The number of pyridine rings is 1. The number of ether oxygens (including phenoxy) is 3. The van der Waals surface area contributed by atoms with E-state index in [1.54, 1.807) is 12.4 Å². The first kappa shape index (κ1) is 41.0. The molecule has 6 rings (SSSR count). The number of carbonyl (C=O) groups excluding carboxylic acids is 3. The fourth-order valence-corrected chi connectivity index (χ4v) is 9.59. The SMILES string of the molecule is CCCCC/C=C\C/C=C\CCCCCCCC(=O)OCC(COC(=O)CC1C2CC3CC(C2)CC1C3)COC(=O)C1CCN(c2ccncc2)CC1. The molecule has 1 aromatic rings. The number of anilines is 1. The summed E-state index contributed by atoms with van der Waals surface area (Å²) >= 11 is 0. The molecule has 1 atom stereocenters. The van der Waals surface area contributed by atoms with Crippen LogP contribution >= 0.6 is 0 Å². The number of esters is 3. The van der Waals surface area contributed by atoms with Gasteiger partial charge in [0.05, 0.1) is 11.8 Å². The summed E-state index contributed by atoms with van der Waals surface area (Å²) in [6.45, 7) is 4.05. The van der Waals surface area contributed by atoms with Crippen LogP contribution in [0.25, 0.3) is 0 Å². The summed E-state index contributed by atoms with van der Waals surface area (Å²) in [6, 6.07) is 3.98. The topological polar surface area (TPSA) is 95.0 Å². The lowest BCUT2D eigenvalue weighted by Gasteiger charge is -2.54. The molecule has 4 bridgehead atoms. The molecule has 0 amide bonds. The third kappa shape index (κ3) is 14.2. The molecule has 0 aromatic carbocycles. The first-order valence-electron chi connectivity index (χ1n) is 21.4. The van der Waals surface area contributed by atoms with Crippen LogP contribution in [0.3, 0.4) is 0 Å². The number of piperidine rings is 1. The number of nitrogens with zero attached hydrogens (tertiary/aromatic N) is 2. The van der Waals surface area contributed by atoms with E-state index in [1.807, 2.05) is 12.1 Å². The van der Waals surface area contributed by atoms with Crippen LogP contribution in [0, 0.1) is 41.4 Å². The largest absolute Gasteiger partial charge is 0.465 e. The molecule has 2 heterocycles. The Morgan fingerprint density at radius 1 is 0.736 bits per heavy atom. The van der Waals surface area contributed by atoms with Gasteiger partial charge in [-0.15, -0.1) is 0 Å². The zero-order valence-corrected chi connectivity index (χ0v) is 32.7. The van der Waals surface area contributed by atoms with Gasteiger partial charge in [-0.25, -0.2) is 0 Å². The van der Waals surface area contributed by atoms with Crippen molar-refractivity contribution >= 4 is 23.6 Å². The quantitative estimate of drug-likeness (QED) is 0.0449. The average molecular weight is 733 g/mol. The van der Waals surface area contributed by atoms with Crippen LogP contribution in [0.2, 0.25) is 0 Å². The zero-order chi connectivity index (χ0) is 37.1. The maximum atomic E-state index is 13.1. The standard InChI is InChI=1S/C45H68N2O6/c1-2-3-4-5-6-7-8-9-10-11-12-13-14-15-16-17-43(48)51-32-37(33-52-44(49)31-42-39-27-35-26-36(29-39)30-40(42)28-35)34-53-45(50)38-20-24-47(25-21-38)41-18-22-46-23-19-41/h6-7,9-10,18-19,22-23,35-40,42H,2-5,8,11-17,20-21,24-34H2,1H3/b7-6-,10-9-. The summed E-state index contributed by atoms with van der Waals surface area (Å²) in [5.41, 5.74) is 1.11. The van der Waals surface area contributed by atoms with Gasteiger partial charge in [0, 0.05) is 44.0 Å². The summed E-state index contributed by atoms with van der Waals surface area (Å²) < 4.78 is 17.3. The Bertz CT molecular complexity index is 1260. The second-order valence-corrected chi connectivity index (χ2v) is 16.6. The van der Waals surface area contributed by atoms with Gasteiger partial charge >= 0.3 is 17.9 Å². The van der Waals surface area contributed by atoms with Crippen LogP contribution in [0.4, 0.5) is 5.69 Å². The predicted octanol–water partition coefficient (Wildman–Crippen LogP) is 9.82. The van der Waals surface area contributed by atoms with Crippen molar-refractivity contribution in [1.82, 2.24) is 4.98 Å². The van der Waals surface area contributed by atoms with E-state index >= 15 is 0 Å². The molecule has 4 saturated carbocycles. The van der Waals surface area contributed by atoms with E-state index in [0.717, 1.165) is 82.0 Å². The first-order valence-corrected chi connectivity index (χ1v) is 21.4. The molecule has 1 aliphatic heterocycles. The van der Waals surface area contributed by atoms with Crippen LogP contribution in [0.15, 0.2) is 48.8 Å². The van der Waals surface area contributed by atoms with E-state index in [2.05, 4.69) is 41.1 Å².